The lowest BCUT2D eigenvalue weighted by Gasteiger charge is -2.15. The summed E-state index contributed by atoms with van der Waals surface area (Å²) >= 11 is 1.59. The number of nitrogens with two attached hydrogens (primary N) is 1. The molecule has 0 bridgehead atoms. The topological polar surface area (TPSA) is 54.0 Å². The van der Waals surface area contributed by atoms with Crippen LogP contribution in [0.5, 0.6) is 0 Å². The number of hydrogen-bond acceptors (Lipinski definition) is 4. The molecule has 92 valence electrons. The second-order valence-electron chi connectivity index (χ2n) is 3.85. The Hall–Kier alpha value is -1.49. The molecule has 1 rings (SSSR count). The molecule has 1 aromatic rings. The number of hydrogen-bond donors (Lipinski definition) is 1. The number of benzene rings is 1. The van der Waals surface area contributed by atoms with Crippen LogP contribution < -0.4 is 5.73 Å². The van der Waals surface area contributed by atoms with Crippen molar-refractivity contribution in [2.24, 2.45) is 10.2 Å². The normalized spacial score (nSPS) is 11.2. The SMILES string of the molecule is CC(C)=N/N=C(\C)N(C)Sc1ccc(N)cc1. The fourth-order valence-electron chi connectivity index (χ4n) is 0.988. The van der Waals surface area contributed by atoms with E-state index in [1.54, 1.807) is 11.9 Å². The Morgan fingerprint density at radius 3 is 2.24 bits per heavy atom. The van der Waals surface area contributed by atoms with Gasteiger partial charge in [-0.25, -0.2) is 0 Å². The molecule has 0 aliphatic heterocycles. The van der Waals surface area contributed by atoms with Gasteiger partial charge in [0.25, 0.3) is 0 Å². The van der Waals surface area contributed by atoms with Crippen LogP contribution in [-0.2, 0) is 0 Å². The lowest BCUT2D eigenvalue weighted by Crippen LogP contribution is -2.15. The monoisotopic (exact) mass is 250 g/mol. The van der Waals surface area contributed by atoms with Crippen molar-refractivity contribution < 1.29 is 0 Å². The van der Waals surface area contributed by atoms with Gasteiger partial charge >= 0.3 is 0 Å². The van der Waals surface area contributed by atoms with Crippen molar-refractivity contribution in [2.45, 2.75) is 25.7 Å². The highest BCUT2D eigenvalue weighted by Crippen LogP contribution is 2.22. The summed E-state index contributed by atoms with van der Waals surface area (Å²) in [7, 11) is 1.96. The first-order valence-corrected chi connectivity index (χ1v) is 6.09. The summed E-state index contributed by atoms with van der Waals surface area (Å²) in [5, 5.41) is 8.15. The Kier molecular flexibility index (Phi) is 5.03. The molecule has 0 heterocycles. The highest BCUT2D eigenvalue weighted by molar-refractivity contribution is 7.97. The average Bonchev–Trinajstić information content (AvgIpc) is 2.28. The lowest BCUT2D eigenvalue weighted by molar-refractivity contribution is 0.824. The molecule has 17 heavy (non-hydrogen) atoms. The van der Waals surface area contributed by atoms with Crippen molar-refractivity contribution in [3.05, 3.63) is 24.3 Å². The number of amidine groups is 1. The van der Waals surface area contributed by atoms with E-state index >= 15 is 0 Å². The van der Waals surface area contributed by atoms with Gasteiger partial charge in [-0.05, 0) is 57.0 Å². The molecular formula is C12H18N4S. The van der Waals surface area contributed by atoms with E-state index in [-0.39, 0.29) is 0 Å². The second kappa shape index (κ2) is 6.30. The van der Waals surface area contributed by atoms with Gasteiger partial charge in [0.15, 0.2) is 0 Å². The summed E-state index contributed by atoms with van der Waals surface area (Å²) in [6.07, 6.45) is 0. The molecule has 1 aromatic carbocycles. The molecule has 0 aliphatic rings. The third kappa shape index (κ3) is 4.91. The molecule has 0 spiro atoms. The van der Waals surface area contributed by atoms with E-state index < -0.39 is 0 Å². The van der Waals surface area contributed by atoms with E-state index in [2.05, 4.69) is 10.2 Å². The Balaban J connectivity index is 2.66. The second-order valence-corrected chi connectivity index (χ2v) is 5.05. The fraction of sp³-hybridized carbons (Fsp3) is 0.333. The van der Waals surface area contributed by atoms with Gasteiger partial charge in [-0.15, -0.1) is 5.10 Å². The molecular weight excluding hydrogens is 232 g/mol. The zero-order chi connectivity index (χ0) is 12.8. The minimum absolute atomic E-state index is 0.772. The number of nitrogens with zero attached hydrogens (tertiary/aromatic N) is 3. The first-order valence-electron chi connectivity index (χ1n) is 5.31. The van der Waals surface area contributed by atoms with Gasteiger partial charge in [-0.3, -0.25) is 0 Å². The summed E-state index contributed by atoms with van der Waals surface area (Å²) in [6, 6.07) is 7.74. The van der Waals surface area contributed by atoms with Gasteiger partial charge in [0.2, 0.25) is 0 Å². The van der Waals surface area contributed by atoms with Crippen LogP contribution >= 0.6 is 11.9 Å². The first kappa shape index (κ1) is 13.6. The zero-order valence-corrected chi connectivity index (χ0v) is 11.5. The van der Waals surface area contributed by atoms with Gasteiger partial charge < -0.3 is 10.0 Å². The van der Waals surface area contributed by atoms with Crippen molar-refractivity contribution in [3.8, 4) is 0 Å². The maximum absolute atomic E-state index is 5.63. The van der Waals surface area contributed by atoms with Crippen molar-refractivity contribution in [1.29, 1.82) is 0 Å². The van der Waals surface area contributed by atoms with Crippen LogP contribution in [0.15, 0.2) is 39.4 Å². The van der Waals surface area contributed by atoms with Crippen LogP contribution in [-0.4, -0.2) is 22.9 Å². The third-order valence-electron chi connectivity index (χ3n) is 1.97. The minimum Gasteiger partial charge on any atom is -0.399 e. The predicted molar refractivity (Wildman–Crippen MR) is 76.4 cm³/mol. The maximum Gasteiger partial charge on any atom is 0.134 e. The van der Waals surface area contributed by atoms with E-state index in [1.807, 2.05) is 56.4 Å². The van der Waals surface area contributed by atoms with E-state index in [0.29, 0.717) is 0 Å². The van der Waals surface area contributed by atoms with Crippen LogP contribution in [0.1, 0.15) is 20.8 Å². The molecule has 0 saturated heterocycles. The van der Waals surface area contributed by atoms with Gasteiger partial charge in [0, 0.05) is 23.3 Å². The Morgan fingerprint density at radius 1 is 1.12 bits per heavy atom. The van der Waals surface area contributed by atoms with E-state index in [1.165, 1.54) is 0 Å². The summed E-state index contributed by atoms with van der Waals surface area (Å²) in [4.78, 5) is 1.12. The highest BCUT2D eigenvalue weighted by atomic mass is 32.2. The zero-order valence-electron chi connectivity index (χ0n) is 10.6. The minimum atomic E-state index is 0.772. The van der Waals surface area contributed by atoms with Crippen molar-refractivity contribution >= 4 is 29.2 Å². The highest BCUT2D eigenvalue weighted by Gasteiger charge is 2.03. The molecule has 0 amide bonds. The first-order chi connectivity index (χ1) is 7.99. The molecule has 0 atom stereocenters. The van der Waals surface area contributed by atoms with Gasteiger partial charge in [-0.2, -0.15) is 5.10 Å². The molecule has 0 aromatic heterocycles. The molecule has 0 saturated carbocycles. The average molecular weight is 250 g/mol. The smallest absolute Gasteiger partial charge is 0.134 e. The molecule has 2 N–H and O–H groups in total. The van der Waals surface area contributed by atoms with Crippen LogP contribution in [0, 0.1) is 0 Å². The molecule has 0 fully saturated rings. The van der Waals surface area contributed by atoms with Gasteiger partial charge in [-0.1, -0.05) is 0 Å². The van der Waals surface area contributed by atoms with Crippen molar-refractivity contribution in [1.82, 2.24) is 4.31 Å². The Labute approximate surface area is 107 Å². The van der Waals surface area contributed by atoms with E-state index in [4.69, 9.17) is 5.73 Å². The number of anilines is 1. The Morgan fingerprint density at radius 2 is 1.71 bits per heavy atom. The predicted octanol–water partition coefficient (Wildman–Crippen LogP) is 3.02. The molecule has 0 aliphatic carbocycles. The summed E-state index contributed by atoms with van der Waals surface area (Å²) in [5.74, 6) is 0.855. The largest absolute Gasteiger partial charge is 0.399 e. The lowest BCUT2D eigenvalue weighted by atomic mass is 10.3. The van der Waals surface area contributed by atoms with Crippen LogP contribution in [0.25, 0.3) is 0 Å². The summed E-state index contributed by atoms with van der Waals surface area (Å²) < 4.78 is 1.97. The number of rotatable bonds is 3. The van der Waals surface area contributed by atoms with Crippen molar-refractivity contribution in [2.75, 3.05) is 12.8 Å². The van der Waals surface area contributed by atoms with E-state index in [0.717, 1.165) is 22.1 Å². The van der Waals surface area contributed by atoms with Crippen molar-refractivity contribution in [3.63, 3.8) is 0 Å². The Bertz CT molecular complexity index is 419. The fourth-order valence-corrected chi connectivity index (χ4v) is 1.73. The summed E-state index contributed by atoms with van der Waals surface area (Å²) in [6.45, 7) is 5.77. The maximum atomic E-state index is 5.63. The van der Waals surface area contributed by atoms with Gasteiger partial charge in [0.05, 0.1) is 0 Å². The van der Waals surface area contributed by atoms with Gasteiger partial charge in [0.1, 0.15) is 5.84 Å². The molecule has 4 nitrogen and oxygen atoms in total. The standard InChI is InChI=1S/C12H18N4S/c1-9(2)14-15-10(3)16(4)17-12-7-5-11(13)6-8-12/h5-8H,13H2,1-4H3/b15-10+. The number of nitrogen functional groups attached to an aromatic ring is 1. The van der Waals surface area contributed by atoms with Crippen LogP contribution in [0.3, 0.4) is 0 Å². The quantitative estimate of drug-likeness (QED) is 0.295. The van der Waals surface area contributed by atoms with Crippen LogP contribution in [0.4, 0.5) is 5.69 Å². The summed E-state index contributed by atoms with van der Waals surface area (Å²) in [5.41, 5.74) is 7.35. The van der Waals surface area contributed by atoms with Crippen LogP contribution in [0.2, 0.25) is 0 Å². The molecule has 5 heteroatoms. The van der Waals surface area contributed by atoms with E-state index in [9.17, 15) is 0 Å². The molecule has 0 radical (unpaired) electrons. The molecule has 0 unspecified atom stereocenters. The third-order valence-corrected chi connectivity index (χ3v) is 2.99.